The van der Waals surface area contributed by atoms with E-state index >= 15 is 0 Å². The SMILES string of the molecule is CCOC(=O)c1ccccc1CN1CCOc2cc([N+](=O)[O-])ccc21. The second-order valence-corrected chi connectivity index (χ2v) is 5.56. The molecule has 2 aromatic carbocycles. The van der Waals surface area contributed by atoms with E-state index in [-0.39, 0.29) is 11.7 Å². The van der Waals surface area contributed by atoms with Crippen molar-refractivity contribution in [3.05, 3.63) is 63.7 Å². The van der Waals surface area contributed by atoms with Gasteiger partial charge < -0.3 is 14.4 Å². The number of hydrogen-bond donors (Lipinski definition) is 0. The summed E-state index contributed by atoms with van der Waals surface area (Å²) in [6, 6.07) is 11.9. The molecule has 3 rings (SSSR count). The third kappa shape index (κ3) is 3.55. The van der Waals surface area contributed by atoms with Gasteiger partial charge in [0.15, 0.2) is 0 Å². The summed E-state index contributed by atoms with van der Waals surface area (Å²) in [5, 5.41) is 10.9. The van der Waals surface area contributed by atoms with Crippen LogP contribution in [-0.2, 0) is 11.3 Å². The Balaban J connectivity index is 1.89. The van der Waals surface area contributed by atoms with E-state index in [2.05, 4.69) is 0 Å². The Morgan fingerprint density at radius 3 is 2.88 bits per heavy atom. The van der Waals surface area contributed by atoms with Gasteiger partial charge in [0.05, 0.1) is 35.4 Å². The summed E-state index contributed by atoms with van der Waals surface area (Å²) < 4.78 is 10.7. The topological polar surface area (TPSA) is 81.9 Å². The van der Waals surface area contributed by atoms with Gasteiger partial charge >= 0.3 is 5.97 Å². The molecule has 0 radical (unpaired) electrons. The fourth-order valence-electron chi connectivity index (χ4n) is 2.82. The van der Waals surface area contributed by atoms with Crippen LogP contribution in [0, 0.1) is 10.1 Å². The first kappa shape index (κ1) is 16.8. The van der Waals surface area contributed by atoms with Gasteiger partial charge in [-0.1, -0.05) is 18.2 Å². The molecular weight excluding hydrogens is 324 g/mol. The lowest BCUT2D eigenvalue weighted by Gasteiger charge is -2.31. The number of rotatable bonds is 5. The Hall–Kier alpha value is -3.09. The van der Waals surface area contributed by atoms with E-state index < -0.39 is 4.92 Å². The Labute approximate surface area is 144 Å². The first-order valence-corrected chi connectivity index (χ1v) is 8.01. The number of fused-ring (bicyclic) bond motifs is 1. The van der Waals surface area contributed by atoms with E-state index in [4.69, 9.17) is 9.47 Å². The number of nitro benzene ring substituents is 1. The molecule has 0 saturated carbocycles. The van der Waals surface area contributed by atoms with Crippen LogP contribution in [0.2, 0.25) is 0 Å². The summed E-state index contributed by atoms with van der Waals surface area (Å²) in [6.45, 7) is 3.63. The molecule has 0 N–H and O–H groups in total. The van der Waals surface area contributed by atoms with Crippen molar-refractivity contribution >= 4 is 17.3 Å². The van der Waals surface area contributed by atoms with Gasteiger partial charge in [0.2, 0.25) is 0 Å². The fraction of sp³-hybridized carbons (Fsp3) is 0.278. The monoisotopic (exact) mass is 342 g/mol. The maximum Gasteiger partial charge on any atom is 0.338 e. The van der Waals surface area contributed by atoms with Gasteiger partial charge in [-0.15, -0.1) is 0 Å². The molecule has 7 heteroatoms. The molecule has 0 fully saturated rings. The molecule has 1 aliphatic rings. The molecule has 2 aromatic rings. The third-order valence-corrected chi connectivity index (χ3v) is 3.99. The number of anilines is 1. The average molecular weight is 342 g/mol. The lowest BCUT2D eigenvalue weighted by molar-refractivity contribution is -0.384. The van der Waals surface area contributed by atoms with Crippen LogP contribution < -0.4 is 9.64 Å². The zero-order valence-corrected chi connectivity index (χ0v) is 13.8. The van der Waals surface area contributed by atoms with Crippen LogP contribution >= 0.6 is 0 Å². The summed E-state index contributed by atoms with van der Waals surface area (Å²) in [7, 11) is 0. The lowest BCUT2D eigenvalue weighted by Crippen LogP contribution is -2.32. The first-order chi connectivity index (χ1) is 12.1. The van der Waals surface area contributed by atoms with Gasteiger partial charge in [0, 0.05) is 12.6 Å². The van der Waals surface area contributed by atoms with Crippen molar-refractivity contribution in [3.63, 3.8) is 0 Å². The quantitative estimate of drug-likeness (QED) is 0.471. The van der Waals surface area contributed by atoms with Crippen molar-refractivity contribution in [2.45, 2.75) is 13.5 Å². The number of esters is 1. The van der Waals surface area contributed by atoms with Crippen LogP contribution in [0.3, 0.4) is 0 Å². The summed E-state index contributed by atoms with van der Waals surface area (Å²) in [5.41, 5.74) is 2.13. The van der Waals surface area contributed by atoms with Crippen LogP contribution in [0.25, 0.3) is 0 Å². The summed E-state index contributed by atoms with van der Waals surface area (Å²) in [6.07, 6.45) is 0. The number of benzene rings is 2. The van der Waals surface area contributed by atoms with Crippen molar-refractivity contribution in [1.29, 1.82) is 0 Å². The Morgan fingerprint density at radius 2 is 2.12 bits per heavy atom. The third-order valence-electron chi connectivity index (χ3n) is 3.99. The molecule has 0 aromatic heterocycles. The van der Waals surface area contributed by atoms with Gasteiger partial charge in [-0.3, -0.25) is 10.1 Å². The number of nitro groups is 1. The number of carbonyl (C=O) groups is 1. The number of hydrogen-bond acceptors (Lipinski definition) is 6. The maximum absolute atomic E-state index is 12.1. The van der Waals surface area contributed by atoms with Crippen molar-refractivity contribution in [3.8, 4) is 5.75 Å². The minimum Gasteiger partial charge on any atom is -0.489 e. The first-order valence-electron chi connectivity index (χ1n) is 8.01. The largest absolute Gasteiger partial charge is 0.489 e. The fourth-order valence-corrected chi connectivity index (χ4v) is 2.82. The molecule has 0 aliphatic carbocycles. The highest BCUT2D eigenvalue weighted by atomic mass is 16.6. The number of non-ortho nitro benzene ring substituents is 1. The number of carbonyl (C=O) groups excluding carboxylic acids is 1. The van der Waals surface area contributed by atoms with Crippen LogP contribution in [0.5, 0.6) is 5.75 Å². The zero-order chi connectivity index (χ0) is 17.8. The molecule has 0 amide bonds. The molecule has 0 unspecified atom stereocenters. The minimum atomic E-state index is -0.446. The van der Waals surface area contributed by atoms with Crippen LogP contribution in [0.1, 0.15) is 22.8 Å². The highest BCUT2D eigenvalue weighted by Crippen LogP contribution is 2.35. The van der Waals surface area contributed by atoms with E-state index in [9.17, 15) is 14.9 Å². The minimum absolute atomic E-state index is 0.00692. The van der Waals surface area contributed by atoms with Crippen molar-refractivity contribution < 1.29 is 19.2 Å². The van der Waals surface area contributed by atoms with Crippen molar-refractivity contribution in [2.24, 2.45) is 0 Å². The lowest BCUT2D eigenvalue weighted by atomic mass is 10.1. The maximum atomic E-state index is 12.1. The van der Waals surface area contributed by atoms with E-state index in [0.29, 0.717) is 37.6 Å². The molecule has 0 atom stereocenters. The van der Waals surface area contributed by atoms with Crippen LogP contribution in [-0.4, -0.2) is 30.7 Å². The van der Waals surface area contributed by atoms with Crippen LogP contribution in [0.4, 0.5) is 11.4 Å². The smallest absolute Gasteiger partial charge is 0.338 e. The molecule has 0 saturated heterocycles. The summed E-state index contributed by atoms with van der Waals surface area (Å²) >= 11 is 0. The second kappa shape index (κ2) is 7.21. The standard InChI is InChI=1S/C18H18N2O5/c1-2-24-18(21)15-6-4-3-5-13(15)12-19-9-10-25-17-11-14(20(22)23)7-8-16(17)19/h3-8,11H,2,9-10,12H2,1H3. The predicted octanol–water partition coefficient (Wildman–Crippen LogP) is 3.17. The number of nitrogens with zero attached hydrogens (tertiary/aromatic N) is 2. The van der Waals surface area contributed by atoms with Crippen molar-refractivity contribution in [1.82, 2.24) is 0 Å². The molecule has 0 bridgehead atoms. The molecule has 1 aliphatic heterocycles. The highest BCUT2D eigenvalue weighted by Gasteiger charge is 2.23. The average Bonchev–Trinajstić information content (AvgIpc) is 2.62. The van der Waals surface area contributed by atoms with E-state index in [1.807, 2.05) is 17.0 Å². The Bertz CT molecular complexity index is 806. The summed E-state index contributed by atoms with van der Waals surface area (Å²) in [4.78, 5) is 24.7. The molecule has 1 heterocycles. The molecule has 130 valence electrons. The predicted molar refractivity (Wildman–Crippen MR) is 92.0 cm³/mol. The Morgan fingerprint density at radius 1 is 1.32 bits per heavy atom. The van der Waals surface area contributed by atoms with Gasteiger partial charge in [0.25, 0.3) is 5.69 Å². The van der Waals surface area contributed by atoms with E-state index in [1.165, 1.54) is 12.1 Å². The van der Waals surface area contributed by atoms with Gasteiger partial charge in [-0.25, -0.2) is 4.79 Å². The van der Waals surface area contributed by atoms with Crippen molar-refractivity contribution in [2.75, 3.05) is 24.7 Å². The molecule has 25 heavy (non-hydrogen) atoms. The number of ether oxygens (including phenoxy) is 2. The summed E-state index contributed by atoms with van der Waals surface area (Å²) in [5.74, 6) is 0.129. The van der Waals surface area contributed by atoms with Gasteiger partial charge in [0.1, 0.15) is 12.4 Å². The Kier molecular flexibility index (Phi) is 4.83. The molecule has 0 spiro atoms. The van der Waals surface area contributed by atoms with E-state index in [1.54, 1.807) is 25.1 Å². The van der Waals surface area contributed by atoms with E-state index in [0.717, 1.165) is 11.3 Å². The molecule has 7 nitrogen and oxygen atoms in total. The van der Waals surface area contributed by atoms with Gasteiger partial charge in [-0.2, -0.15) is 0 Å². The normalized spacial score (nSPS) is 12.9. The zero-order valence-electron chi connectivity index (χ0n) is 13.8. The molecular formula is C18H18N2O5. The highest BCUT2D eigenvalue weighted by molar-refractivity contribution is 5.91. The second-order valence-electron chi connectivity index (χ2n) is 5.56. The van der Waals surface area contributed by atoms with Gasteiger partial charge in [-0.05, 0) is 24.6 Å². The van der Waals surface area contributed by atoms with Crippen LogP contribution in [0.15, 0.2) is 42.5 Å².